The van der Waals surface area contributed by atoms with Crippen LogP contribution in [0.5, 0.6) is 0 Å². The van der Waals surface area contributed by atoms with Crippen LogP contribution < -0.4 is 11.1 Å². The van der Waals surface area contributed by atoms with Crippen molar-refractivity contribution in [3.63, 3.8) is 0 Å². The van der Waals surface area contributed by atoms with Crippen molar-refractivity contribution in [3.8, 4) is 0 Å². The van der Waals surface area contributed by atoms with Crippen LogP contribution in [0.25, 0.3) is 0 Å². The number of aryl methyl sites for hydroxylation is 1. The van der Waals surface area contributed by atoms with Crippen LogP contribution in [0.15, 0.2) is 0 Å². The van der Waals surface area contributed by atoms with Gasteiger partial charge in [0.15, 0.2) is 5.69 Å². The maximum atomic E-state index is 11.1. The molecule has 1 aliphatic rings. The molecule has 0 saturated carbocycles. The Bertz CT molecular complexity index is 369. The number of nitrogens with one attached hydrogen (secondary N) is 1. The molecule has 0 unspecified atom stereocenters. The average molecular weight is 194 g/mol. The molecule has 5 heteroatoms. The van der Waals surface area contributed by atoms with Gasteiger partial charge in [-0.3, -0.25) is 4.79 Å². The maximum absolute atomic E-state index is 11.1. The Morgan fingerprint density at radius 1 is 1.64 bits per heavy atom. The summed E-state index contributed by atoms with van der Waals surface area (Å²) < 4.78 is 2.07. The fraction of sp³-hybridized carbons (Fsp3) is 0.556. The minimum atomic E-state index is -0.439. The Labute approximate surface area is 82.3 Å². The molecule has 0 aromatic carbocycles. The average Bonchev–Trinajstić information content (AvgIpc) is 2.38. The predicted molar refractivity (Wildman–Crippen MR) is 51.8 cm³/mol. The van der Waals surface area contributed by atoms with Gasteiger partial charge in [0.2, 0.25) is 0 Å². The summed E-state index contributed by atoms with van der Waals surface area (Å²) in [6.07, 6.45) is 1.06. The molecule has 2 heterocycles. The molecule has 5 nitrogen and oxygen atoms in total. The Kier molecular flexibility index (Phi) is 2.25. The minimum absolute atomic E-state index is 0.414. The van der Waals surface area contributed by atoms with E-state index in [9.17, 15) is 4.79 Å². The fourth-order valence-electron chi connectivity index (χ4n) is 1.85. The zero-order valence-electron chi connectivity index (χ0n) is 8.21. The zero-order valence-corrected chi connectivity index (χ0v) is 8.21. The largest absolute Gasteiger partial charge is 0.364 e. The fourth-order valence-corrected chi connectivity index (χ4v) is 1.85. The van der Waals surface area contributed by atoms with Gasteiger partial charge in [0.05, 0.1) is 5.69 Å². The van der Waals surface area contributed by atoms with Crippen molar-refractivity contribution >= 4 is 5.91 Å². The van der Waals surface area contributed by atoms with Gasteiger partial charge in [-0.15, -0.1) is 0 Å². The van der Waals surface area contributed by atoms with E-state index in [-0.39, 0.29) is 0 Å². The molecule has 1 aliphatic heterocycles. The molecule has 1 amide bonds. The highest BCUT2D eigenvalue weighted by atomic mass is 16.1. The molecule has 0 spiro atoms. The van der Waals surface area contributed by atoms with Gasteiger partial charge in [0.25, 0.3) is 5.91 Å². The van der Waals surface area contributed by atoms with Crippen LogP contribution in [-0.4, -0.2) is 22.0 Å². The molecule has 1 aromatic rings. The van der Waals surface area contributed by atoms with Crippen LogP contribution in [-0.2, 0) is 13.1 Å². The molecule has 14 heavy (non-hydrogen) atoms. The van der Waals surface area contributed by atoms with Gasteiger partial charge in [-0.05, 0) is 19.9 Å². The summed E-state index contributed by atoms with van der Waals surface area (Å²) in [5.74, 6) is 0.433. The first-order valence-corrected chi connectivity index (χ1v) is 4.76. The Morgan fingerprint density at radius 3 is 3.14 bits per heavy atom. The number of amides is 1. The third kappa shape index (κ3) is 1.39. The van der Waals surface area contributed by atoms with E-state index >= 15 is 0 Å². The summed E-state index contributed by atoms with van der Waals surface area (Å²) in [7, 11) is 0. The molecule has 0 radical (unpaired) electrons. The van der Waals surface area contributed by atoms with Crippen molar-refractivity contribution in [2.75, 3.05) is 6.54 Å². The standard InChI is InChI=1S/C9H14N4O/c1-6-12-8(9(10)14)7-5-11-3-2-4-13(6)7/h11H,2-5H2,1H3,(H2,10,14). The minimum Gasteiger partial charge on any atom is -0.364 e. The lowest BCUT2D eigenvalue weighted by Gasteiger charge is -2.04. The van der Waals surface area contributed by atoms with Crippen LogP contribution in [0.1, 0.15) is 28.4 Å². The quantitative estimate of drug-likeness (QED) is 0.649. The second kappa shape index (κ2) is 3.42. The summed E-state index contributed by atoms with van der Waals surface area (Å²) in [6, 6.07) is 0. The molecular formula is C9H14N4O. The first-order chi connectivity index (χ1) is 6.70. The van der Waals surface area contributed by atoms with E-state index in [4.69, 9.17) is 5.73 Å². The van der Waals surface area contributed by atoms with E-state index in [2.05, 4.69) is 14.9 Å². The van der Waals surface area contributed by atoms with Crippen LogP contribution in [0, 0.1) is 6.92 Å². The molecule has 0 atom stereocenters. The van der Waals surface area contributed by atoms with Gasteiger partial charge < -0.3 is 15.6 Å². The number of carbonyl (C=O) groups is 1. The van der Waals surface area contributed by atoms with E-state index in [0.29, 0.717) is 12.2 Å². The summed E-state index contributed by atoms with van der Waals surface area (Å²) >= 11 is 0. The van der Waals surface area contributed by atoms with E-state index in [1.54, 1.807) is 0 Å². The lowest BCUT2D eigenvalue weighted by molar-refractivity contribution is 0.0994. The molecule has 0 fully saturated rings. The topological polar surface area (TPSA) is 72.9 Å². The highest BCUT2D eigenvalue weighted by Gasteiger charge is 2.19. The molecular weight excluding hydrogens is 180 g/mol. The summed E-state index contributed by atoms with van der Waals surface area (Å²) in [5, 5.41) is 3.24. The van der Waals surface area contributed by atoms with Gasteiger partial charge in [0, 0.05) is 13.1 Å². The molecule has 3 N–H and O–H groups in total. The van der Waals surface area contributed by atoms with Crippen molar-refractivity contribution < 1.29 is 4.79 Å². The van der Waals surface area contributed by atoms with E-state index in [0.717, 1.165) is 31.0 Å². The summed E-state index contributed by atoms with van der Waals surface area (Å²) in [4.78, 5) is 15.3. The number of hydrogen-bond acceptors (Lipinski definition) is 3. The predicted octanol–water partition coefficient (Wildman–Crippen LogP) is -0.216. The maximum Gasteiger partial charge on any atom is 0.269 e. The monoisotopic (exact) mass is 194 g/mol. The number of nitrogens with two attached hydrogens (primary N) is 1. The van der Waals surface area contributed by atoms with Crippen LogP contribution >= 0.6 is 0 Å². The molecule has 1 aromatic heterocycles. The number of carbonyl (C=O) groups excluding carboxylic acids is 1. The second-order valence-corrected chi connectivity index (χ2v) is 3.50. The molecule has 0 bridgehead atoms. The van der Waals surface area contributed by atoms with Crippen LogP contribution in [0.4, 0.5) is 0 Å². The van der Waals surface area contributed by atoms with E-state index < -0.39 is 5.91 Å². The smallest absolute Gasteiger partial charge is 0.269 e. The number of fused-ring (bicyclic) bond motifs is 1. The van der Waals surface area contributed by atoms with Crippen LogP contribution in [0.3, 0.4) is 0 Å². The third-order valence-corrected chi connectivity index (χ3v) is 2.52. The normalized spacial score (nSPS) is 16.1. The number of aromatic nitrogens is 2. The molecule has 0 aliphatic carbocycles. The molecule has 76 valence electrons. The van der Waals surface area contributed by atoms with Gasteiger partial charge in [-0.25, -0.2) is 4.98 Å². The van der Waals surface area contributed by atoms with Crippen LogP contribution in [0.2, 0.25) is 0 Å². The number of primary amides is 1. The molecule has 0 saturated heterocycles. The third-order valence-electron chi connectivity index (χ3n) is 2.52. The van der Waals surface area contributed by atoms with Gasteiger partial charge in [0.1, 0.15) is 5.82 Å². The highest BCUT2D eigenvalue weighted by Crippen LogP contribution is 2.14. The highest BCUT2D eigenvalue weighted by molar-refractivity contribution is 5.92. The lowest BCUT2D eigenvalue weighted by Crippen LogP contribution is -2.18. The molecule has 2 rings (SSSR count). The van der Waals surface area contributed by atoms with Crippen molar-refractivity contribution in [3.05, 3.63) is 17.2 Å². The van der Waals surface area contributed by atoms with Crippen molar-refractivity contribution in [1.82, 2.24) is 14.9 Å². The van der Waals surface area contributed by atoms with Crippen molar-refractivity contribution in [2.45, 2.75) is 26.4 Å². The van der Waals surface area contributed by atoms with Gasteiger partial charge >= 0.3 is 0 Å². The Balaban J connectivity index is 2.49. The number of imidazole rings is 1. The Hall–Kier alpha value is -1.36. The van der Waals surface area contributed by atoms with Gasteiger partial charge in [-0.2, -0.15) is 0 Å². The number of hydrogen-bond donors (Lipinski definition) is 2. The van der Waals surface area contributed by atoms with Gasteiger partial charge in [-0.1, -0.05) is 0 Å². The lowest BCUT2D eigenvalue weighted by atomic mass is 10.3. The zero-order chi connectivity index (χ0) is 10.1. The number of nitrogens with zero attached hydrogens (tertiary/aromatic N) is 2. The Morgan fingerprint density at radius 2 is 2.43 bits per heavy atom. The first-order valence-electron chi connectivity index (χ1n) is 4.76. The van der Waals surface area contributed by atoms with E-state index in [1.807, 2.05) is 6.92 Å². The SMILES string of the molecule is Cc1nc(C(N)=O)c2n1CCCNC2. The number of rotatable bonds is 1. The van der Waals surface area contributed by atoms with Crippen molar-refractivity contribution in [1.29, 1.82) is 0 Å². The second-order valence-electron chi connectivity index (χ2n) is 3.50. The first kappa shape index (κ1) is 9.21. The summed E-state index contributed by atoms with van der Waals surface area (Å²) in [5.41, 5.74) is 6.60. The summed E-state index contributed by atoms with van der Waals surface area (Å²) in [6.45, 7) is 4.47. The van der Waals surface area contributed by atoms with E-state index in [1.165, 1.54) is 0 Å². The van der Waals surface area contributed by atoms with Crippen molar-refractivity contribution in [2.24, 2.45) is 5.73 Å².